The van der Waals surface area contributed by atoms with Crippen LogP contribution in [-0.2, 0) is 6.42 Å². The second kappa shape index (κ2) is 3.67. The van der Waals surface area contributed by atoms with E-state index in [9.17, 15) is 5.11 Å². The van der Waals surface area contributed by atoms with Gasteiger partial charge in [-0.3, -0.25) is 0 Å². The molecule has 0 aromatic heterocycles. The molecule has 2 aliphatic heterocycles. The zero-order chi connectivity index (χ0) is 11.1. The second-order valence-electron chi connectivity index (χ2n) is 4.95. The molecule has 0 amide bonds. The van der Waals surface area contributed by atoms with Gasteiger partial charge in [0, 0.05) is 29.9 Å². The van der Waals surface area contributed by atoms with Crippen LogP contribution in [0.2, 0.25) is 0 Å². The molecule has 86 valence electrons. The molecule has 0 saturated carbocycles. The molecule has 3 N–H and O–H groups in total. The van der Waals surface area contributed by atoms with Crippen LogP contribution in [0.25, 0.3) is 0 Å². The predicted octanol–water partition coefficient (Wildman–Crippen LogP) is 1.63. The molecule has 3 heteroatoms. The molecule has 2 aliphatic rings. The van der Waals surface area contributed by atoms with E-state index in [0.29, 0.717) is 17.8 Å². The number of phenolic OH excluding ortho intramolecular Hbond substituents is 1. The summed E-state index contributed by atoms with van der Waals surface area (Å²) >= 11 is 0. The highest BCUT2D eigenvalue weighted by molar-refractivity contribution is 5.61. The zero-order valence-electron chi connectivity index (χ0n) is 9.39. The van der Waals surface area contributed by atoms with Gasteiger partial charge in [-0.1, -0.05) is 6.07 Å². The van der Waals surface area contributed by atoms with Crippen LogP contribution in [0.3, 0.4) is 0 Å². The highest BCUT2D eigenvalue weighted by atomic mass is 16.3. The van der Waals surface area contributed by atoms with Crippen molar-refractivity contribution in [2.24, 2.45) is 5.73 Å². The Bertz CT molecular complexity index is 405. The topological polar surface area (TPSA) is 49.5 Å². The highest BCUT2D eigenvalue weighted by Crippen LogP contribution is 2.38. The average Bonchev–Trinajstić information content (AvgIpc) is 2.28. The number of fused-ring (bicyclic) bond motifs is 3. The lowest BCUT2D eigenvalue weighted by atomic mass is 9.87. The van der Waals surface area contributed by atoms with Crippen molar-refractivity contribution in [3.63, 3.8) is 0 Å². The Morgan fingerprint density at radius 1 is 1.31 bits per heavy atom. The van der Waals surface area contributed by atoms with E-state index in [0.717, 1.165) is 37.8 Å². The van der Waals surface area contributed by atoms with Crippen molar-refractivity contribution < 1.29 is 5.11 Å². The van der Waals surface area contributed by atoms with Crippen molar-refractivity contribution in [1.29, 1.82) is 0 Å². The maximum atomic E-state index is 9.85. The summed E-state index contributed by atoms with van der Waals surface area (Å²) in [5.41, 5.74) is 8.36. The SMILES string of the molecule is NC1CCN2c3cccc(O)c3CCC2C1. The summed E-state index contributed by atoms with van der Waals surface area (Å²) in [7, 11) is 0. The van der Waals surface area contributed by atoms with Gasteiger partial charge in [-0.05, 0) is 37.8 Å². The third-order valence-corrected chi connectivity index (χ3v) is 3.92. The highest BCUT2D eigenvalue weighted by Gasteiger charge is 2.32. The fourth-order valence-corrected chi connectivity index (χ4v) is 3.07. The van der Waals surface area contributed by atoms with Crippen LogP contribution in [0.4, 0.5) is 5.69 Å². The third kappa shape index (κ3) is 1.47. The van der Waals surface area contributed by atoms with Crippen LogP contribution in [0.1, 0.15) is 24.8 Å². The lowest BCUT2D eigenvalue weighted by Gasteiger charge is -2.44. The van der Waals surface area contributed by atoms with Crippen LogP contribution >= 0.6 is 0 Å². The van der Waals surface area contributed by atoms with Crippen molar-refractivity contribution in [3.8, 4) is 5.75 Å². The van der Waals surface area contributed by atoms with E-state index < -0.39 is 0 Å². The largest absolute Gasteiger partial charge is 0.508 e. The van der Waals surface area contributed by atoms with Crippen LogP contribution in [0, 0.1) is 0 Å². The third-order valence-electron chi connectivity index (χ3n) is 3.92. The van der Waals surface area contributed by atoms with Gasteiger partial charge < -0.3 is 15.7 Å². The number of nitrogens with zero attached hydrogens (tertiary/aromatic N) is 1. The van der Waals surface area contributed by atoms with Gasteiger partial charge in [-0.25, -0.2) is 0 Å². The Morgan fingerprint density at radius 2 is 2.19 bits per heavy atom. The van der Waals surface area contributed by atoms with E-state index in [-0.39, 0.29) is 0 Å². The first kappa shape index (κ1) is 9.97. The van der Waals surface area contributed by atoms with Crippen LogP contribution in [0.15, 0.2) is 18.2 Å². The number of piperidine rings is 1. The molecular formula is C13H18N2O. The van der Waals surface area contributed by atoms with E-state index in [2.05, 4.69) is 11.0 Å². The van der Waals surface area contributed by atoms with Gasteiger partial charge >= 0.3 is 0 Å². The number of phenols is 1. The average molecular weight is 218 g/mol. The summed E-state index contributed by atoms with van der Waals surface area (Å²) in [6.45, 7) is 1.03. The maximum Gasteiger partial charge on any atom is 0.120 e. The Labute approximate surface area is 95.9 Å². The van der Waals surface area contributed by atoms with E-state index in [4.69, 9.17) is 5.73 Å². The lowest BCUT2D eigenvalue weighted by Crippen LogP contribution is -2.49. The van der Waals surface area contributed by atoms with Gasteiger partial charge in [0.05, 0.1) is 0 Å². The van der Waals surface area contributed by atoms with Crippen LogP contribution < -0.4 is 10.6 Å². The Kier molecular flexibility index (Phi) is 2.28. The molecule has 1 fully saturated rings. The second-order valence-corrected chi connectivity index (χ2v) is 4.95. The molecule has 3 nitrogen and oxygen atoms in total. The quantitative estimate of drug-likeness (QED) is 0.696. The minimum absolute atomic E-state index is 0.361. The standard InChI is InChI=1S/C13H18N2O/c14-9-6-7-15-10(8-9)4-5-11-12(15)2-1-3-13(11)16/h1-3,9-10,16H,4-8,14H2. The molecule has 2 heterocycles. The number of aromatic hydroxyl groups is 1. The van der Waals surface area contributed by atoms with Crippen molar-refractivity contribution in [2.75, 3.05) is 11.4 Å². The summed E-state index contributed by atoms with van der Waals surface area (Å²) < 4.78 is 0. The molecule has 1 aromatic rings. The number of anilines is 1. The molecule has 0 aliphatic carbocycles. The van der Waals surface area contributed by atoms with Crippen LogP contribution in [-0.4, -0.2) is 23.7 Å². The number of hydrogen-bond acceptors (Lipinski definition) is 3. The van der Waals surface area contributed by atoms with E-state index in [1.807, 2.05) is 6.07 Å². The van der Waals surface area contributed by atoms with E-state index >= 15 is 0 Å². The fraction of sp³-hybridized carbons (Fsp3) is 0.538. The molecule has 1 saturated heterocycles. The minimum atomic E-state index is 0.361. The van der Waals surface area contributed by atoms with Gasteiger partial charge in [0.1, 0.15) is 5.75 Å². The van der Waals surface area contributed by atoms with Crippen molar-refractivity contribution >= 4 is 5.69 Å². The van der Waals surface area contributed by atoms with E-state index in [1.165, 1.54) is 5.69 Å². The summed E-state index contributed by atoms with van der Waals surface area (Å²) in [5, 5.41) is 9.85. The number of hydrogen-bond donors (Lipinski definition) is 2. The van der Waals surface area contributed by atoms with Crippen molar-refractivity contribution in [2.45, 2.75) is 37.8 Å². The Morgan fingerprint density at radius 3 is 3.06 bits per heavy atom. The smallest absolute Gasteiger partial charge is 0.120 e. The summed E-state index contributed by atoms with van der Waals surface area (Å²) in [4.78, 5) is 2.43. The molecule has 3 rings (SSSR count). The molecule has 0 bridgehead atoms. The minimum Gasteiger partial charge on any atom is -0.508 e. The molecule has 0 spiro atoms. The molecule has 0 radical (unpaired) electrons. The molecule has 1 aromatic carbocycles. The first-order chi connectivity index (χ1) is 7.75. The Balaban J connectivity index is 1.97. The van der Waals surface area contributed by atoms with Gasteiger partial charge in [0.25, 0.3) is 0 Å². The fourth-order valence-electron chi connectivity index (χ4n) is 3.07. The first-order valence-electron chi connectivity index (χ1n) is 6.09. The monoisotopic (exact) mass is 218 g/mol. The van der Waals surface area contributed by atoms with Gasteiger partial charge in [-0.15, -0.1) is 0 Å². The van der Waals surface area contributed by atoms with Crippen molar-refractivity contribution in [1.82, 2.24) is 0 Å². The van der Waals surface area contributed by atoms with Crippen LogP contribution in [0.5, 0.6) is 5.75 Å². The van der Waals surface area contributed by atoms with E-state index in [1.54, 1.807) is 6.07 Å². The van der Waals surface area contributed by atoms with Gasteiger partial charge in [0.2, 0.25) is 0 Å². The van der Waals surface area contributed by atoms with Gasteiger partial charge in [0.15, 0.2) is 0 Å². The molecule has 16 heavy (non-hydrogen) atoms. The summed E-state index contributed by atoms with van der Waals surface area (Å²) in [6.07, 6.45) is 4.26. The number of benzene rings is 1. The molecule has 2 atom stereocenters. The van der Waals surface area contributed by atoms with Gasteiger partial charge in [-0.2, -0.15) is 0 Å². The Hall–Kier alpha value is -1.22. The van der Waals surface area contributed by atoms with Crippen molar-refractivity contribution in [3.05, 3.63) is 23.8 Å². The summed E-state index contributed by atoms with van der Waals surface area (Å²) in [6, 6.07) is 6.79. The number of rotatable bonds is 0. The molecular weight excluding hydrogens is 200 g/mol. The zero-order valence-corrected chi connectivity index (χ0v) is 9.39. The molecule has 2 unspecified atom stereocenters. The lowest BCUT2D eigenvalue weighted by molar-refractivity contribution is 0.378. The predicted molar refractivity (Wildman–Crippen MR) is 64.8 cm³/mol. The summed E-state index contributed by atoms with van der Waals surface area (Å²) in [5.74, 6) is 0.450. The normalized spacial score (nSPS) is 28.4. The number of nitrogens with two attached hydrogens (primary N) is 1. The first-order valence-corrected chi connectivity index (χ1v) is 6.09. The maximum absolute atomic E-state index is 9.85.